The SMILES string of the molecule is NC1=NN=C/C1=N\Nc1cccc(F)c1. The van der Waals surface area contributed by atoms with Crippen molar-refractivity contribution in [2.75, 3.05) is 5.43 Å². The zero-order chi connectivity index (χ0) is 10.7. The van der Waals surface area contributed by atoms with Crippen molar-refractivity contribution in [2.24, 2.45) is 21.0 Å². The lowest BCUT2D eigenvalue weighted by atomic mass is 10.3. The Bertz CT molecular complexity index is 463. The fourth-order valence-corrected chi connectivity index (χ4v) is 1.03. The van der Waals surface area contributed by atoms with Crippen LogP contribution in [0.3, 0.4) is 0 Å². The summed E-state index contributed by atoms with van der Waals surface area (Å²) in [6, 6.07) is 5.94. The van der Waals surface area contributed by atoms with Gasteiger partial charge in [-0.2, -0.15) is 10.2 Å². The van der Waals surface area contributed by atoms with E-state index in [-0.39, 0.29) is 11.7 Å². The van der Waals surface area contributed by atoms with Crippen molar-refractivity contribution in [2.45, 2.75) is 0 Å². The summed E-state index contributed by atoms with van der Waals surface area (Å²) < 4.78 is 12.8. The number of benzene rings is 1. The predicted octanol–water partition coefficient (Wildman–Crippen LogP) is 0.950. The third-order valence-electron chi connectivity index (χ3n) is 1.74. The molecule has 5 nitrogen and oxygen atoms in total. The summed E-state index contributed by atoms with van der Waals surface area (Å²) in [7, 11) is 0. The second kappa shape index (κ2) is 3.87. The van der Waals surface area contributed by atoms with Crippen LogP contribution in [0, 0.1) is 5.82 Å². The Kier molecular flexibility index (Phi) is 2.40. The molecule has 1 aromatic carbocycles. The highest BCUT2D eigenvalue weighted by atomic mass is 19.1. The minimum absolute atomic E-state index is 0.235. The summed E-state index contributed by atoms with van der Waals surface area (Å²) in [5.41, 5.74) is 9.07. The number of hydrogen-bond donors (Lipinski definition) is 2. The quantitative estimate of drug-likeness (QED) is 0.705. The molecular weight excluding hydrogens is 197 g/mol. The van der Waals surface area contributed by atoms with Crippen LogP contribution < -0.4 is 11.2 Å². The highest BCUT2D eigenvalue weighted by molar-refractivity contribution is 6.63. The summed E-state index contributed by atoms with van der Waals surface area (Å²) in [6.45, 7) is 0. The molecule has 0 unspecified atom stereocenters. The minimum Gasteiger partial charge on any atom is -0.380 e. The van der Waals surface area contributed by atoms with Crippen molar-refractivity contribution < 1.29 is 4.39 Å². The summed E-state index contributed by atoms with van der Waals surface area (Å²) in [5.74, 6) is -0.0965. The van der Waals surface area contributed by atoms with E-state index >= 15 is 0 Å². The molecule has 76 valence electrons. The van der Waals surface area contributed by atoms with Gasteiger partial charge in [0.15, 0.2) is 5.84 Å². The number of rotatable bonds is 2. The van der Waals surface area contributed by atoms with Gasteiger partial charge in [0.2, 0.25) is 0 Å². The molecule has 0 saturated carbocycles. The molecule has 0 spiro atoms. The second-order valence-corrected chi connectivity index (χ2v) is 2.85. The molecule has 0 saturated heterocycles. The minimum atomic E-state index is -0.332. The van der Waals surface area contributed by atoms with E-state index in [2.05, 4.69) is 20.7 Å². The predicted molar refractivity (Wildman–Crippen MR) is 57.6 cm³/mol. The molecule has 2 rings (SSSR count). The first-order valence-electron chi connectivity index (χ1n) is 4.22. The third-order valence-corrected chi connectivity index (χ3v) is 1.74. The van der Waals surface area contributed by atoms with E-state index in [0.29, 0.717) is 11.4 Å². The van der Waals surface area contributed by atoms with Crippen LogP contribution in [0.5, 0.6) is 0 Å². The van der Waals surface area contributed by atoms with E-state index in [1.807, 2.05) is 0 Å². The first-order chi connectivity index (χ1) is 7.25. The number of halogens is 1. The lowest BCUT2D eigenvalue weighted by Gasteiger charge is -2.00. The van der Waals surface area contributed by atoms with Gasteiger partial charge in [0.05, 0.1) is 11.9 Å². The maximum Gasteiger partial charge on any atom is 0.175 e. The van der Waals surface area contributed by atoms with Gasteiger partial charge in [-0.05, 0) is 18.2 Å². The Morgan fingerprint density at radius 1 is 1.40 bits per heavy atom. The molecule has 0 amide bonds. The molecule has 0 aromatic heterocycles. The van der Waals surface area contributed by atoms with E-state index in [0.717, 1.165) is 0 Å². The largest absolute Gasteiger partial charge is 0.380 e. The molecule has 0 bridgehead atoms. The molecule has 3 N–H and O–H groups in total. The topological polar surface area (TPSA) is 75.1 Å². The standard InChI is InChI=1S/C9H8FN5/c10-6-2-1-3-7(4-6)13-14-8-5-12-15-9(8)11/h1-5,13H,(H2,11,14,15). The number of anilines is 1. The van der Waals surface area contributed by atoms with Gasteiger partial charge in [0, 0.05) is 0 Å². The zero-order valence-electron chi connectivity index (χ0n) is 7.68. The van der Waals surface area contributed by atoms with Crippen LogP contribution >= 0.6 is 0 Å². The van der Waals surface area contributed by atoms with E-state index in [4.69, 9.17) is 5.73 Å². The lowest BCUT2D eigenvalue weighted by Crippen LogP contribution is -2.22. The molecule has 1 aromatic rings. The van der Waals surface area contributed by atoms with Crippen molar-refractivity contribution in [3.63, 3.8) is 0 Å². The van der Waals surface area contributed by atoms with Crippen molar-refractivity contribution in [3.8, 4) is 0 Å². The third kappa shape index (κ3) is 2.16. The van der Waals surface area contributed by atoms with Gasteiger partial charge in [-0.25, -0.2) is 4.39 Å². The summed E-state index contributed by atoms with van der Waals surface area (Å²) in [4.78, 5) is 0. The van der Waals surface area contributed by atoms with Crippen molar-refractivity contribution in [1.29, 1.82) is 0 Å². The van der Waals surface area contributed by atoms with Gasteiger partial charge in [0.1, 0.15) is 11.5 Å². The van der Waals surface area contributed by atoms with Crippen LogP contribution in [0.25, 0.3) is 0 Å². The van der Waals surface area contributed by atoms with E-state index in [1.165, 1.54) is 18.3 Å². The van der Waals surface area contributed by atoms with Crippen LogP contribution in [-0.4, -0.2) is 17.8 Å². The summed E-state index contributed by atoms with van der Waals surface area (Å²) in [5, 5.41) is 11.0. The van der Waals surface area contributed by atoms with Crippen LogP contribution in [0.15, 0.2) is 39.6 Å². The number of hydrazone groups is 1. The van der Waals surface area contributed by atoms with Gasteiger partial charge in [0.25, 0.3) is 0 Å². The van der Waals surface area contributed by atoms with Crippen LogP contribution in [0.1, 0.15) is 0 Å². The zero-order valence-corrected chi connectivity index (χ0v) is 7.68. The van der Waals surface area contributed by atoms with E-state index < -0.39 is 0 Å². The number of amidine groups is 1. The van der Waals surface area contributed by atoms with Crippen LogP contribution in [0.4, 0.5) is 10.1 Å². The summed E-state index contributed by atoms with van der Waals surface area (Å²) in [6.07, 6.45) is 1.42. The first-order valence-corrected chi connectivity index (χ1v) is 4.22. The second-order valence-electron chi connectivity index (χ2n) is 2.85. The average molecular weight is 205 g/mol. The average Bonchev–Trinajstić information content (AvgIpc) is 2.61. The number of nitrogens with one attached hydrogen (secondary N) is 1. The Labute approximate surface area is 85.2 Å². The van der Waals surface area contributed by atoms with Crippen molar-refractivity contribution >= 4 is 23.4 Å². The Morgan fingerprint density at radius 2 is 2.27 bits per heavy atom. The van der Waals surface area contributed by atoms with Crippen LogP contribution in [0.2, 0.25) is 0 Å². The highest BCUT2D eigenvalue weighted by Gasteiger charge is 2.06. The molecule has 6 heteroatoms. The Morgan fingerprint density at radius 3 is 2.93 bits per heavy atom. The maximum absolute atomic E-state index is 12.8. The Balaban J connectivity index is 2.11. The van der Waals surface area contributed by atoms with Crippen LogP contribution in [-0.2, 0) is 0 Å². The number of hydrogen-bond acceptors (Lipinski definition) is 5. The smallest absolute Gasteiger partial charge is 0.175 e. The molecule has 15 heavy (non-hydrogen) atoms. The summed E-state index contributed by atoms with van der Waals surface area (Å²) >= 11 is 0. The number of nitrogens with zero attached hydrogens (tertiary/aromatic N) is 3. The van der Waals surface area contributed by atoms with Gasteiger partial charge < -0.3 is 5.73 Å². The molecule has 1 heterocycles. The van der Waals surface area contributed by atoms with E-state index in [1.54, 1.807) is 12.1 Å². The normalized spacial score (nSPS) is 16.9. The fourth-order valence-electron chi connectivity index (χ4n) is 1.03. The molecule has 1 aliphatic heterocycles. The maximum atomic E-state index is 12.8. The van der Waals surface area contributed by atoms with Gasteiger partial charge in [-0.3, -0.25) is 5.43 Å². The van der Waals surface area contributed by atoms with Gasteiger partial charge in [-0.15, -0.1) is 5.10 Å². The monoisotopic (exact) mass is 205 g/mol. The van der Waals surface area contributed by atoms with Gasteiger partial charge >= 0.3 is 0 Å². The molecule has 0 atom stereocenters. The molecule has 0 radical (unpaired) electrons. The highest BCUT2D eigenvalue weighted by Crippen LogP contribution is 2.08. The van der Waals surface area contributed by atoms with Crippen molar-refractivity contribution in [1.82, 2.24) is 0 Å². The van der Waals surface area contributed by atoms with Gasteiger partial charge in [-0.1, -0.05) is 6.07 Å². The van der Waals surface area contributed by atoms with Crippen molar-refractivity contribution in [3.05, 3.63) is 30.1 Å². The molecular formula is C9H8FN5. The Hall–Kier alpha value is -2.24. The first kappa shape index (κ1) is 9.32. The lowest BCUT2D eigenvalue weighted by molar-refractivity contribution is 0.628. The van der Waals surface area contributed by atoms with E-state index in [9.17, 15) is 4.39 Å². The molecule has 0 fully saturated rings. The molecule has 1 aliphatic rings. The number of nitrogens with two attached hydrogens (primary N) is 1. The fraction of sp³-hybridized carbons (Fsp3) is 0. The molecule has 0 aliphatic carbocycles.